The Kier molecular flexibility index (Phi) is 5.80. The molecule has 2 aromatic rings. The maximum Gasteiger partial charge on any atom is 0.161 e. The van der Waals surface area contributed by atoms with Crippen LogP contribution in [0.5, 0.6) is 23.0 Å². The molecular formula is C22H28O5. The average Bonchev–Trinajstić information content (AvgIpc) is 3.01. The summed E-state index contributed by atoms with van der Waals surface area (Å²) in [5.41, 5.74) is 2.19. The lowest BCUT2D eigenvalue weighted by Crippen LogP contribution is -2.10. The predicted octanol–water partition coefficient (Wildman–Crippen LogP) is 4.81. The van der Waals surface area contributed by atoms with Crippen LogP contribution in [0.3, 0.4) is 0 Å². The molecule has 27 heavy (non-hydrogen) atoms. The molecule has 0 spiro atoms. The highest BCUT2D eigenvalue weighted by molar-refractivity contribution is 5.45. The summed E-state index contributed by atoms with van der Waals surface area (Å²) in [5, 5.41) is 0. The fourth-order valence-corrected chi connectivity index (χ4v) is 3.78. The van der Waals surface area contributed by atoms with Crippen molar-refractivity contribution in [3.8, 4) is 23.0 Å². The van der Waals surface area contributed by atoms with Crippen LogP contribution >= 0.6 is 0 Å². The Hall–Kier alpha value is -2.40. The second kappa shape index (κ2) is 8.09. The van der Waals surface area contributed by atoms with Crippen molar-refractivity contribution in [2.24, 2.45) is 11.8 Å². The predicted molar refractivity (Wildman–Crippen MR) is 104 cm³/mol. The van der Waals surface area contributed by atoms with Gasteiger partial charge in [-0.25, -0.2) is 0 Å². The largest absolute Gasteiger partial charge is 0.493 e. The molecule has 0 amide bonds. The van der Waals surface area contributed by atoms with Crippen molar-refractivity contribution in [1.82, 2.24) is 0 Å². The van der Waals surface area contributed by atoms with E-state index >= 15 is 0 Å². The number of hydrogen-bond donors (Lipinski definition) is 0. The summed E-state index contributed by atoms with van der Waals surface area (Å²) >= 11 is 0. The molecule has 0 bridgehead atoms. The van der Waals surface area contributed by atoms with E-state index in [1.165, 1.54) is 0 Å². The third-order valence-electron chi connectivity index (χ3n) is 5.55. The van der Waals surface area contributed by atoms with E-state index in [4.69, 9.17) is 23.7 Å². The second-order valence-corrected chi connectivity index (χ2v) is 6.92. The van der Waals surface area contributed by atoms with Gasteiger partial charge < -0.3 is 23.7 Å². The van der Waals surface area contributed by atoms with Crippen LogP contribution in [-0.2, 0) is 4.74 Å². The molecular weight excluding hydrogens is 344 g/mol. The van der Waals surface area contributed by atoms with Gasteiger partial charge in [0.15, 0.2) is 23.0 Å². The van der Waals surface area contributed by atoms with E-state index in [1.54, 1.807) is 28.4 Å². The molecule has 3 rings (SSSR count). The first-order chi connectivity index (χ1) is 13.0. The third-order valence-corrected chi connectivity index (χ3v) is 5.55. The molecule has 0 saturated carbocycles. The third kappa shape index (κ3) is 3.56. The molecule has 146 valence electrons. The van der Waals surface area contributed by atoms with Crippen molar-refractivity contribution >= 4 is 0 Å². The van der Waals surface area contributed by atoms with Gasteiger partial charge in [0, 0.05) is 0 Å². The van der Waals surface area contributed by atoms with E-state index in [9.17, 15) is 0 Å². The zero-order valence-electron chi connectivity index (χ0n) is 16.8. The summed E-state index contributed by atoms with van der Waals surface area (Å²) in [5.74, 6) is 3.57. The lowest BCUT2D eigenvalue weighted by atomic mass is 9.85. The van der Waals surface area contributed by atoms with Gasteiger partial charge in [-0.05, 0) is 47.2 Å². The molecule has 1 saturated heterocycles. The Morgan fingerprint density at radius 2 is 0.963 bits per heavy atom. The lowest BCUT2D eigenvalue weighted by Gasteiger charge is -2.18. The minimum atomic E-state index is -0.0158. The molecule has 1 unspecified atom stereocenters. The summed E-state index contributed by atoms with van der Waals surface area (Å²) in [6.07, 6.45) is -0.0317. The van der Waals surface area contributed by atoms with Gasteiger partial charge in [-0.2, -0.15) is 0 Å². The molecule has 1 aliphatic rings. The number of hydrogen-bond acceptors (Lipinski definition) is 5. The molecule has 1 aliphatic heterocycles. The molecule has 5 nitrogen and oxygen atoms in total. The van der Waals surface area contributed by atoms with E-state index in [1.807, 2.05) is 36.4 Å². The van der Waals surface area contributed by atoms with Gasteiger partial charge in [-0.1, -0.05) is 26.0 Å². The Bertz CT molecular complexity index is 723. The molecule has 4 atom stereocenters. The summed E-state index contributed by atoms with van der Waals surface area (Å²) in [6.45, 7) is 4.46. The highest BCUT2D eigenvalue weighted by atomic mass is 16.5. The number of benzene rings is 2. The zero-order valence-corrected chi connectivity index (χ0v) is 16.8. The highest BCUT2D eigenvalue weighted by Gasteiger charge is 2.41. The quantitative estimate of drug-likeness (QED) is 0.728. The average molecular weight is 372 g/mol. The van der Waals surface area contributed by atoms with Crippen LogP contribution < -0.4 is 18.9 Å². The van der Waals surface area contributed by atoms with Crippen LogP contribution in [0.4, 0.5) is 0 Å². The fraction of sp³-hybridized carbons (Fsp3) is 0.455. The van der Waals surface area contributed by atoms with Gasteiger partial charge >= 0.3 is 0 Å². The smallest absolute Gasteiger partial charge is 0.161 e. The molecule has 0 N–H and O–H groups in total. The molecule has 5 heteroatoms. The van der Waals surface area contributed by atoms with Crippen molar-refractivity contribution in [2.45, 2.75) is 26.1 Å². The molecule has 1 heterocycles. The van der Waals surface area contributed by atoms with Crippen molar-refractivity contribution in [1.29, 1.82) is 0 Å². The van der Waals surface area contributed by atoms with Gasteiger partial charge in [0.05, 0.1) is 40.6 Å². The standard InChI is InChI=1S/C22H28O5/c1-13-14(2)22(16-8-10-18(24-4)20(12-16)26-6)27-21(13)15-7-9-17(23-3)19(11-15)25-5/h7-14,21-22H,1-6H3/t13-,14-,21+,22?/m0/s1. The minimum Gasteiger partial charge on any atom is -0.493 e. The maximum atomic E-state index is 6.51. The lowest BCUT2D eigenvalue weighted by molar-refractivity contribution is 0.0288. The molecule has 1 fully saturated rings. The van der Waals surface area contributed by atoms with Gasteiger partial charge in [0.2, 0.25) is 0 Å². The topological polar surface area (TPSA) is 46.2 Å². The van der Waals surface area contributed by atoms with Gasteiger partial charge in [-0.3, -0.25) is 0 Å². The van der Waals surface area contributed by atoms with Crippen LogP contribution in [0, 0.1) is 11.8 Å². The summed E-state index contributed by atoms with van der Waals surface area (Å²) in [4.78, 5) is 0. The first-order valence-corrected chi connectivity index (χ1v) is 9.13. The van der Waals surface area contributed by atoms with E-state index in [2.05, 4.69) is 13.8 Å². The van der Waals surface area contributed by atoms with E-state index in [0.29, 0.717) is 23.3 Å². The summed E-state index contributed by atoms with van der Waals surface area (Å²) in [7, 11) is 6.58. The van der Waals surface area contributed by atoms with Crippen LogP contribution in [-0.4, -0.2) is 28.4 Å². The Morgan fingerprint density at radius 3 is 1.30 bits per heavy atom. The first kappa shape index (κ1) is 19.4. The number of rotatable bonds is 6. The van der Waals surface area contributed by atoms with Crippen molar-refractivity contribution < 1.29 is 23.7 Å². The SMILES string of the molecule is COc1ccc(C2O[C@@H](c3ccc(OC)c(OC)c3)[C@@H](C)[C@@H]2C)cc1OC. The Morgan fingerprint density at radius 1 is 0.593 bits per heavy atom. The van der Waals surface area contributed by atoms with Crippen molar-refractivity contribution in [3.63, 3.8) is 0 Å². The zero-order chi connectivity index (χ0) is 19.6. The van der Waals surface area contributed by atoms with Gasteiger partial charge in [0.25, 0.3) is 0 Å². The molecule has 0 radical (unpaired) electrons. The monoisotopic (exact) mass is 372 g/mol. The second-order valence-electron chi connectivity index (χ2n) is 6.92. The minimum absolute atomic E-state index is 0.0158. The van der Waals surface area contributed by atoms with E-state index in [-0.39, 0.29) is 12.2 Å². The molecule has 2 aromatic carbocycles. The Balaban J connectivity index is 1.90. The molecule has 0 aromatic heterocycles. The van der Waals surface area contributed by atoms with Gasteiger partial charge in [-0.15, -0.1) is 0 Å². The van der Waals surface area contributed by atoms with Gasteiger partial charge in [0.1, 0.15) is 0 Å². The van der Waals surface area contributed by atoms with E-state index in [0.717, 1.165) is 22.6 Å². The normalized spacial score (nSPS) is 24.5. The first-order valence-electron chi connectivity index (χ1n) is 9.13. The highest BCUT2D eigenvalue weighted by Crippen LogP contribution is 2.50. The number of ether oxygens (including phenoxy) is 5. The van der Waals surface area contributed by atoms with Crippen LogP contribution in [0.25, 0.3) is 0 Å². The van der Waals surface area contributed by atoms with E-state index < -0.39 is 0 Å². The maximum absolute atomic E-state index is 6.51. The molecule has 0 aliphatic carbocycles. The van der Waals surface area contributed by atoms with Crippen LogP contribution in [0.2, 0.25) is 0 Å². The summed E-state index contributed by atoms with van der Waals surface area (Å²) in [6, 6.07) is 12.0. The fourth-order valence-electron chi connectivity index (χ4n) is 3.78. The van der Waals surface area contributed by atoms with Crippen molar-refractivity contribution in [3.05, 3.63) is 47.5 Å². The van der Waals surface area contributed by atoms with Crippen molar-refractivity contribution in [2.75, 3.05) is 28.4 Å². The van der Waals surface area contributed by atoms with Crippen LogP contribution in [0.1, 0.15) is 37.2 Å². The number of methoxy groups -OCH3 is 4. The summed E-state index contributed by atoms with van der Waals surface area (Å²) < 4.78 is 28.1. The Labute approximate surface area is 161 Å². The van der Waals surface area contributed by atoms with Crippen LogP contribution in [0.15, 0.2) is 36.4 Å².